The van der Waals surface area contributed by atoms with Crippen LogP contribution in [0.5, 0.6) is 74.7 Å². The number of cyclic esters (lactones) is 2. The normalized spacial score (nSPS) is 16.7. The van der Waals surface area contributed by atoms with E-state index in [9.17, 15) is 106 Å². The van der Waals surface area contributed by atoms with E-state index in [0.717, 1.165) is 0 Å². The molecule has 0 bridgehead atoms. The van der Waals surface area contributed by atoms with Gasteiger partial charge in [0.2, 0.25) is 23.0 Å². The molecule has 26 nitrogen and oxygen atoms in total. The van der Waals surface area contributed by atoms with Crippen LogP contribution in [0.1, 0.15) is 42.7 Å². The number of aliphatic hydroxyl groups excluding tert-OH is 3. The fourth-order valence-corrected chi connectivity index (χ4v) is 7.57. The summed E-state index contributed by atoms with van der Waals surface area (Å²) in [6, 6.07) is 2.46. The Kier molecular flexibility index (Phi) is 10.2. The first-order valence-electron chi connectivity index (χ1n) is 18.6. The lowest BCUT2D eigenvalue weighted by molar-refractivity contribution is -0.146. The van der Waals surface area contributed by atoms with Crippen LogP contribution in [0.2, 0.25) is 0 Å². The van der Waals surface area contributed by atoms with Crippen LogP contribution in [0.4, 0.5) is 0 Å². The highest BCUT2D eigenvalue weighted by Gasteiger charge is 2.46. The maximum absolute atomic E-state index is 14.3. The number of benzene rings is 5. The highest BCUT2D eigenvalue weighted by molar-refractivity contribution is 6.23. The average Bonchev–Trinajstić information content (AvgIpc) is 3.29. The molecule has 16 N–H and O–H groups in total. The van der Waals surface area contributed by atoms with Gasteiger partial charge in [-0.1, -0.05) is 0 Å². The van der Waals surface area contributed by atoms with Crippen LogP contribution < -0.4 is 11.3 Å². The minimum atomic E-state index is -3.01. The fourth-order valence-electron chi connectivity index (χ4n) is 7.57. The summed E-state index contributed by atoms with van der Waals surface area (Å²) in [5.41, 5.74) is -11.4. The predicted octanol–water partition coefficient (Wildman–Crippen LogP) is 0.707. The van der Waals surface area contributed by atoms with Crippen molar-refractivity contribution in [2.45, 2.75) is 30.5 Å². The molecule has 348 valence electrons. The maximum atomic E-state index is 14.3. The van der Waals surface area contributed by atoms with E-state index in [1.54, 1.807) is 0 Å². The topological polar surface area (TPSA) is 463 Å². The summed E-state index contributed by atoms with van der Waals surface area (Å²) >= 11 is 0. The van der Waals surface area contributed by atoms with Gasteiger partial charge in [0.15, 0.2) is 75.1 Å². The van der Waals surface area contributed by atoms with Crippen LogP contribution in [-0.4, -0.2) is 131 Å². The van der Waals surface area contributed by atoms with Gasteiger partial charge in [-0.15, -0.1) is 0 Å². The third-order valence-electron chi connectivity index (χ3n) is 10.8. The lowest BCUT2D eigenvalue weighted by atomic mass is 9.90. The van der Waals surface area contributed by atoms with Crippen LogP contribution in [-0.2, 0) is 14.2 Å². The molecule has 0 spiro atoms. The van der Waals surface area contributed by atoms with Crippen molar-refractivity contribution >= 4 is 50.6 Å². The number of rotatable bonds is 6. The zero-order valence-electron chi connectivity index (χ0n) is 32.7. The summed E-state index contributed by atoms with van der Waals surface area (Å²) in [5.74, 6) is -22.1. The van der Waals surface area contributed by atoms with E-state index >= 15 is 0 Å². The molecule has 67 heavy (non-hydrogen) atoms. The summed E-state index contributed by atoms with van der Waals surface area (Å²) in [6.07, 6.45) is -14.3. The molecule has 7 aromatic rings. The second-order valence-electron chi connectivity index (χ2n) is 14.7. The molecule has 0 saturated heterocycles. The summed E-state index contributed by atoms with van der Waals surface area (Å²) in [5, 5.41) is 169. The van der Waals surface area contributed by atoms with Crippen LogP contribution in [0, 0.1) is 0 Å². The average molecular weight is 937 g/mol. The number of carbonyl (C=O) groups excluding carboxylic acids is 3. The molecule has 1 aliphatic rings. The van der Waals surface area contributed by atoms with E-state index in [0.29, 0.717) is 30.3 Å². The molecule has 0 radical (unpaired) electrons. The number of aliphatic hydroxyl groups is 3. The number of ether oxygens (including phenoxy) is 3. The van der Waals surface area contributed by atoms with Crippen molar-refractivity contribution in [1.29, 1.82) is 0 Å². The summed E-state index contributed by atoms with van der Waals surface area (Å²) in [4.78, 5) is 68.2. The summed E-state index contributed by atoms with van der Waals surface area (Å²) in [6.45, 7) is -1.47. The Morgan fingerprint density at radius 3 is 1.64 bits per heavy atom. The second-order valence-corrected chi connectivity index (χ2v) is 14.7. The van der Waals surface area contributed by atoms with E-state index in [4.69, 9.17) is 23.0 Å². The van der Waals surface area contributed by atoms with Gasteiger partial charge in [0.05, 0.1) is 27.5 Å². The van der Waals surface area contributed by atoms with Gasteiger partial charge in [0.1, 0.15) is 24.9 Å². The Morgan fingerprint density at radius 2 is 1.06 bits per heavy atom. The Bertz CT molecular complexity index is 3400. The van der Waals surface area contributed by atoms with Gasteiger partial charge in [-0.05, 0) is 30.3 Å². The Labute approximate surface area is 365 Å². The third-order valence-corrected chi connectivity index (χ3v) is 10.8. The summed E-state index contributed by atoms with van der Waals surface area (Å²) < 4.78 is 26.2. The number of carbonyl (C=O) groups is 3. The molecule has 1 aliphatic heterocycles. The number of fused-ring (bicyclic) bond motifs is 3. The molecule has 0 saturated carbocycles. The van der Waals surface area contributed by atoms with E-state index in [1.165, 1.54) is 0 Å². The standard InChI is InChI=1S/C41H28O26/c42-11-1-7(2-12(43)23(11)47)37(58)64-16-6-63-38(59)8-3-13(44)24(48)27(51)17(8)18-9(4-14(45)25(49)28(18)52)39(60)65-34(16)33(57)31(55)29(53)22-21-20-19-10(40(61)66-36(20)32(56)30(22)54)5-15(46)26(50)35(19)67-41(21)62/h1-5,16,29,31,33-34,42-57H,6H2/t16-,29-,31+,33-,34-/m1/s1. The fraction of sp³-hybridized carbons (Fsp3) is 0.146. The van der Waals surface area contributed by atoms with Gasteiger partial charge in [-0.2, -0.15) is 0 Å². The van der Waals surface area contributed by atoms with E-state index in [2.05, 4.69) is 0 Å². The minimum Gasteiger partial charge on any atom is -0.504 e. The first-order valence-corrected chi connectivity index (χ1v) is 18.6. The largest absolute Gasteiger partial charge is 0.504 e. The zero-order valence-corrected chi connectivity index (χ0v) is 32.7. The van der Waals surface area contributed by atoms with Gasteiger partial charge in [0, 0.05) is 27.5 Å². The SMILES string of the molecule is O=C(O[C@@H]1COC(=O)c2cc(O)c(O)c(O)c2-c2c(cc(O)c(O)c2O)C(=O)O[C@H]1[C@H](O)[C@@H](O)[C@H](O)c1c(O)c(O)c2oc(=O)c3cc(O)c(O)c4oc(=O)c1c2c43)c1cc(O)c(O)c(O)c1. The monoisotopic (exact) mass is 936 g/mol. The Morgan fingerprint density at radius 1 is 0.552 bits per heavy atom. The number of phenols is 13. The molecule has 5 aromatic carbocycles. The molecule has 8 rings (SSSR count). The molecular weight excluding hydrogens is 908 g/mol. The first-order chi connectivity index (χ1) is 31.5. The van der Waals surface area contributed by atoms with Crippen LogP contribution >= 0.6 is 0 Å². The van der Waals surface area contributed by atoms with Crippen molar-refractivity contribution in [3.63, 3.8) is 0 Å². The van der Waals surface area contributed by atoms with Crippen molar-refractivity contribution in [2.75, 3.05) is 6.61 Å². The molecule has 5 atom stereocenters. The zero-order chi connectivity index (χ0) is 49.0. The first kappa shape index (κ1) is 44.3. The van der Waals surface area contributed by atoms with Crippen molar-refractivity contribution in [2.24, 2.45) is 0 Å². The van der Waals surface area contributed by atoms with Gasteiger partial charge in [-0.3, -0.25) is 0 Å². The lowest BCUT2D eigenvalue weighted by Gasteiger charge is -2.34. The molecule has 2 aromatic heterocycles. The molecular formula is C41H28O26. The lowest BCUT2D eigenvalue weighted by Crippen LogP contribution is -2.52. The number of aromatic hydroxyl groups is 13. The second kappa shape index (κ2) is 15.5. The molecule has 26 heteroatoms. The molecule has 0 amide bonds. The van der Waals surface area contributed by atoms with Gasteiger partial charge in [0.25, 0.3) is 0 Å². The highest BCUT2D eigenvalue weighted by Crippen LogP contribution is 2.54. The molecule has 0 fully saturated rings. The molecule has 0 aliphatic carbocycles. The van der Waals surface area contributed by atoms with Crippen LogP contribution in [0.25, 0.3) is 43.8 Å². The molecule has 0 unspecified atom stereocenters. The van der Waals surface area contributed by atoms with Crippen molar-refractivity contribution in [3.05, 3.63) is 73.4 Å². The van der Waals surface area contributed by atoms with Crippen LogP contribution in [0.3, 0.4) is 0 Å². The smallest absolute Gasteiger partial charge is 0.344 e. The summed E-state index contributed by atoms with van der Waals surface area (Å²) in [7, 11) is 0. The van der Waals surface area contributed by atoms with Crippen LogP contribution in [0.15, 0.2) is 48.8 Å². The number of esters is 3. The number of hydrogen-bond donors (Lipinski definition) is 16. The number of phenolic OH excluding ortho intramolecular Hbond substituents is 13. The van der Waals surface area contributed by atoms with E-state index in [-0.39, 0.29) is 0 Å². The third kappa shape index (κ3) is 6.66. The van der Waals surface area contributed by atoms with Gasteiger partial charge >= 0.3 is 29.2 Å². The Hall–Kier alpha value is -9.27. The van der Waals surface area contributed by atoms with Gasteiger partial charge in [-0.25, -0.2) is 24.0 Å². The molecule has 3 heterocycles. The van der Waals surface area contributed by atoms with E-state index < -0.39 is 207 Å². The quantitative estimate of drug-likeness (QED) is 0.0359. The minimum absolute atomic E-state index is 0.335. The Balaban J connectivity index is 1.32. The van der Waals surface area contributed by atoms with Crippen molar-refractivity contribution in [3.8, 4) is 85.9 Å². The van der Waals surface area contributed by atoms with E-state index in [1.807, 2.05) is 0 Å². The van der Waals surface area contributed by atoms with Crippen molar-refractivity contribution in [1.82, 2.24) is 0 Å². The van der Waals surface area contributed by atoms with Crippen molar-refractivity contribution < 1.29 is 119 Å². The maximum Gasteiger partial charge on any atom is 0.344 e. The van der Waals surface area contributed by atoms with Gasteiger partial charge < -0.3 is 105 Å². The highest BCUT2D eigenvalue weighted by atomic mass is 16.6. The number of hydrogen-bond acceptors (Lipinski definition) is 26. The predicted molar refractivity (Wildman–Crippen MR) is 213 cm³/mol.